The smallest absolute Gasteiger partial charge is 0.259 e. The third kappa shape index (κ3) is 6.27. The van der Waals surface area contributed by atoms with Gasteiger partial charge in [0.05, 0.1) is 18.2 Å². The highest BCUT2D eigenvalue weighted by Gasteiger charge is 2.05. The van der Waals surface area contributed by atoms with Gasteiger partial charge in [-0.25, -0.2) is 5.43 Å². The molecule has 2 aromatic carbocycles. The van der Waals surface area contributed by atoms with Gasteiger partial charge in [-0.15, -0.1) is 0 Å². The van der Waals surface area contributed by atoms with Crippen LogP contribution in [0.3, 0.4) is 0 Å². The van der Waals surface area contributed by atoms with Gasteiger partial charge in [0.15, 0.2) is 0 Å². The highest BCUT2D eigenvalue weighted by molar-refractivity contribution is 6.01. The number of hydrazone groups is 1. The molecule has 0 spiro atoms. The Morgan fingerprint density at radius 3 is 2.38 bits per heavy atom. The number of nitrogens with one attached hydrogen (secondary N) is 2. The molecule has 0 aliphatic carbocycles. The molecule has 1 amide bonds. The molecule has 0 atom stereocenters. The van der Waals surface area contributed by atoms with Crippen molar-refractivity contribution in [1.82, 2.24) is 5.43 Å². The predicted octanol–water partition coefficient (Wildman–Crippen LogP) is 1.16. The Labute approximate surface area is 151 Å². The Bertz CT molecular complexity index is 758. The lowest BCUT2D eigenvalue weighted by atomic mass is 10.1. The third-order valence-corrected chi connectivity index (χ3v) is 3.42. The summed E-state index contributed by atoms with van der Waals surface area (Å²) in [5.74, 6) is -1.12. The zero-order valence-corrected chi connectivity index (χ0v) is 14.4. The number of anilines is 1. The van der Waals surface area contributed by atoms with E-state index in [4.69, 9.17) is 4.74 Å². The molecule has 0 aromatic heterocycles. The molecule has 26 heavy (non-hydrogen) atoms. The molecule has 7 nitrogen and oxygen atoms in total. The minimum atomic E-state index is -1.28. The van der Waals surface area contributed by atoms with Crippen LogP contribution < -0.4 is 20.6 Å². The maximum Gasteiger partial charge on any atom is 0.259 e. The van der Waals surface area contributed by atoms with Crippen LogP contribution in [-0.4, -0.2) is 30.7 Å². The molecular weight excluding hydrogens is 334 g/mol. The van der Waals surface area contributed by atoms with Crippen LogP contribution in [0.4, 0.5) is 5.69 Å². The average Bonchev–Trinajstić information content (AvgIpc) is 2.67. The van der Waals surface area contributed by atoms with Gasteiger partial charge < -0.3 is 20.0 Å². The fraction of sp³-hybridized carbons (Fsp3) is 0.211. The number of ether oxygens (including phenoxy) is 1. The summed E-state index contributed by atoms with van der Waals surface area (Å²) in [5, 5.41) is 17.6. The molecule has 0 fully saturated rings. The minimum absolute atomic E-state index is 0.112. The Morgan fingerprint density at radius 1 is 1.08 bits per heavy atom. The minimum Gasteiger partial charge on any atom is -0.546 e. The van der Waals surface area contributed by atoms with Gasteiger partial charge in [-0.2, -0.15) is 5.10 Å². The number of nitrogens with zero attached hydrogens (tertiary/aromatic N) is 1. The molecule has 2 rings (SSSR count). The first-order valence-electron chi connectivity index (χ1n) is 8.16. The van der Waals surface area contributed by atoms with Crippen LogP contribution in [-0.2, 0) is 9.59 Å². The molecular formula is C19H20N3O4-. The SMILES string of the molecule is CC/C(=N/NC(=O)CNc1ccccc1)c1ccc(OCC(=O)[O-])cc1. The Balaban J connectivity index is 1.90. The molecule has 2 aromatic rings. The molecule has 7 heteroatoms. The number of carboxylic acids is 1. The average molecular weight is 354 g/mol. The van der Waals surface area contributed by atoms with Crippen LogP contribution in [0.25, 0.3) is 0 Å². The van der Waals surface area contributed by atoms with E-state index in [1.54, 1.807) is 24.3 Å². The maximum absolute atomic E-state index is 11.9. The molecule has 0 aliphatic rings. The molecule has 0 unspecified atom stereocenters. The van der Waals surface area contributed by atoms with E-state index in [2.05, 4.69) is 15.8 Å². The lowest BCUT2D eigenvalue weighted by Gasteiger charge is -2.09. The van der Waals surface area contributed by atoms with Gasteiger partial charge in [0.1, 0.15) is 12.4 Å². The summed E-state index contributed by atoms with van der Waals surface area (Å²) >= 11 is 0. The van der Waals surface area contributed by atoms with Crippen molar-refractivity contribution in [3.05, 3.63) is 60.2 Å². The fourth-order valence-electron chi connectivity index (χ4n) is 2.14. The summed E-state index contributed by atoms with van der Waals surface area (Å²) in [6, 6.07) is 16.2. The number of amides is 1. The van der Waals surface area contributed by atoms with Crippen LogP contribution in [0.2, 0.25) is 0 Å². The maximum atomic E-state index is 11.9. The van der Waals surface area contributed by atoms with E-state index in [0.29, 0.717) is 17.9 Å². The van der Waals surface area contributed by atoms with Crippen molar-refractivity contribution in [2.45, 2.75) is 13.3 Å². The molecule has 2 N–H and O–H groups in total. The van der Waals surface area contributed by atoms with Gasteiger partial charge in [-0.3, -0.25) is 4.79 Å². The van der Waals surface area contributed by atoms with Crippen LogP contribution in [0.15, 0.2) is 59.7 Å². The van der Waals surface area contributed by atoms with Gasteiger partial charge in [0.25, 0.3) is 5.91 Å². The molecule has 0 bridgehead atoms. The van der Waals surface area contributed by atoms with E-state index in [9.17, 15) is 14.7 Å². The van der Waals surface area contributed by atoms with Gasteiger partial charge >= 0.3 is 0 Å². The molecule has 0 saturated carbocycles. The van der Waals surface area contributed by atoms with E-state index in [1.165, 1.54) is 0 Å². The monoisotopic (exact) mass is 354 g/mol. The van der Waals surface area contributed by atoms with Crippen molar-refractivity contribution in [3.8, 4) is 5.75 Å². The molecule has 0 aliphatic heterocycles. The third-order valence-electron chi connectivity index (χ3n) is 3.42. The normalized spacial score (nSPS) is 10.9. The summed E-state index contributed by atoms with van der Waals surface area (Å²) in [6.07, 6.45) is 0.617. The van der Waals surface area contributed by atoms with Crippen molar-refractivity contribution < 1.29 is 19.4 Å². The van der Waals surface area contributed by atoms with Gasteiger partial charge in [0.2, 0.25) is 0 Å². The summed E-state index contributed by atoms with van der Waals surface area (Å²) < 4.78 is 5.03. The molecule has 0 saturated heterocycles. The van der Waals surface area contributed by atoms with Crippen LogP contribution in [0, 0.1) is 0 Å². The molecule has 136 valence electrons. The number of rotatable bonds is 9. The molecule has 0 radical (unpaired) electrons. The van der Waals surface area contributed by atoms with Crippen LogP contribution >= 0.6 is 0 Å². The quantitative estimate of drug-likeness (QED) is 0.520. The van der Waals surface area contributed by atoms with E-state index < -0.39 is 12.6 Å². The van der Waals surface area contributed by atoms with E-state index in [1.807, 2.05) is 37.3 Å². The van der Waals surface area contributed by atoms with Gasteiger partial charge in [0, 0.05) is 5.69 Å². The first-order valence-corrected chi connectivity index (χ1v) is 8.16. The highest BCUT2D eigenvalue weighted by atomic mass is 16.5. The number of carbonyl (C=O) groups excluding carboxylic acids is 2. The lowest BCUT2D eigenvalue weighted by molar-refractivity contribution is -0.307. The van der Waals surface area contributed by atoms with Gasteiger partial charge in [-0.05, 0) is 48.4 Å². The van der Waals surface area contributed by atoms with Crippen molar-refractivity contribution in [2.24, 2.45) is 5.10 Å². The number of hydrogen-bond donors (Lipinski definition) is 2. The van der Waals surface area contributed by atoms with Crippen molar-refractivity contribution in [1.29, 1.82) is 0 Å². The second-order valence-corrected chi connectivity index (χ2v) is 5.35. The van der Waals surface area contributed by atoms with Crippen molar-refractivity contribution >= 4 is 23.3 Å². The van der Waals surface area contributed by atoms with Gasteiger partial charge in [-0.1, -0.05) is 25.1 Å². The van der Waals surface area contributed by atoms with E-state index in [-0.39, 0.29) is 12.5 Å². The Morgan fingerprint density at radius 2 is 1.77 bits per heavy atom. The summed E-state index contributed by atoms with van der Waals surface area (Å²) in [5.41, 5.74) is 4.89. The predicted molar refractivity (Wildman–Crippen MR) is 96.8 cm³/mol. The first kappa shape index (κ1) is 19.0. The summed E-state index contributed by atoms with van der Waals surface area (Å²) in [4.78, 5) is 22.3. The molecule has 0 heterocycles. The second kappa shape index (κ2) is 9.83. The van der Waals surface area contributed by atoms with E-state index >= 15 is 0 Å². The van der Waals surface area contributed by atoms with Crippen LogP contribution in [0.5, 0.6) is 5.75 Å². The number of carboxylic acid groups (broad SMARTS) is 1. The number of para-hydroxylation sites is 1. The number of carbonyl (C=O) groups is 2. The first-order chi connectivity index (χ1) is 12.6. The lowest BCUT2D eigenvalue weighted by Crippen LogP contribution is -2.28. The zero-order chi connectivity index (χ0) is 18.8. The van der Waals surface area contributed by atoms with Crippen LogP contribution in [0.1, 0.15) is 18.9 Å². The van der Waals surface area contributed by atoms with Crippen molar-refractivity contribution in [2.75, 3.05) is 18.5 Å². The standard InChI is InChI=1S/C19H21N3O4/c1-2-17(14-8-10-16(11-9-14)26-13-19(24)25)21-22-18(23)12-20-15-6-4-3-5-7-15/h3-11,20H,2,12-13H2,1H3,(H,22,23)(H,24,25)/p-1/b21-17-. The Kier molecular flexibility index (Phi) is 7.17. The second-order valence-electron chi connectivity index (χ2n) is 5.35. The summed E-state index contributed by atoms with van der Waals surface area (Å²) in [6.45, 7) is 1.53. The number of benzene rings is 2. The number of hydrogen-bond acceptors (Lipinski definition) is 6. The van der Waals surface area contributed by atoms with E-state index in [0.717, 1.165) is 11.3 Å². The summed E-state index contributed by atoms with van der Waals surface area (Å²) in [7, 11) is 0. The highest BCUT2D eigenvalue weighted by Crippen LogP contribution is 2.13. The topological polar surface area (TPSA) is 103 Å². The zero-order valence-electron chi connectivity index (χ0n) is 14.4. The fourth-order valence-corrected chi connectivity index (χ4v) is 2.14. The largest absolute Gasteiger partial charge is 0.546 e. The number of aliphatic carboxylic acids is 1. The Hall–Kier alpha value is -3.35. The van der Waals surface area contributed by atoms with Crippen molar-refractivity contribution in [3.63, 3.8) is 0 Å².